The Morgan fingerprint density at radius 3 is 1.09 bits per heavy atom. The van der Waals surface area contributed by atoms with Gasteiger partial charge in [0.1, 0.15) is 44.7 Å². The van der Waals surface area contributed by atoms with Crippen LogP contribution in [0.5, 0.6) is 0 Å². The quantitative estimate of drug-likeness (QED) is 0.0223. The second-order valence-electron chi connectivity index (χ2n) is 14.9. The lowest BCUT2D eigenvalue weighted by Gasteiger charge is -2.34. The molecule has 8 atom stereocenters. The summed E-state index contributed by atoms with van der Waals surface area (Å²) in [6, 6.07) is 1.64. The molecule has 0 aromatic heterocycles. The van der Waals surface area contributed by atoms with Crippen molar-refractivity contribution >= 4 is 140 Å². The van der Waals surface area contributed by atoms with Gasteiger partial charge >= 0.3 is 35.8 Å². The van der Waals surface area contributed by atoms with E-state index >= 15 is 0 Å². The van der Waals surface area contributed by atoms with Crippen molar-refractivity contribution in [3.63, 3.8) is 0 Å². The number of esters is 6. The van der Waals surface area contributed by atoms with Crippen LogP contribution in [0.2, 0.25) is 38.3 Å². The lowest BCUT2D eigenvalue weighted by atomic mass is 10.2. The minimum Gasteiger partial charge on any atom is -0.465 e. The van der Waals surface area contributed by atoms with Crippen LogP contribution in [0.15, 0.2) is 0 Å². The molecule has 57 heavy (non-hydrogen) atoms. The third kappa shape index (κ3) is 28.1. The van der Waals surface area contributed by atoms with Crippen LogP contribution in [0, 0.1) is 11.8 Å². The van der Waals surface area contributed by atoms with Crippen LogP contribution in [0.25, 0.3) is 0 Å². The van der Waals surface area contributed by atoms with Crippen LogP contribution in [0.3, 0.4) is 0 Å². The van der Waals surface area contributed by atoms with Gasteiger partial charge < -0.3 is 32.5 Å². The smallest absolute Gasteiger partial charge is 0.319 e. The summed E-state index contributed by atoms with van der Waals surface area (Å²) in [4.78, 5) is 71.3. The standard InChI is InChI=1S/C36H62Br4O13S2Si2/c1-23(19-54-21-29(51-35(45)27(5)39)17-49-33(43)25(3)37)31(41)47-13-11-15-56(7,8)53-57(9,10)16-12-14-48-32(42)24(2)20-55-22-30(52-36(46)28(6)40)18-50-34(44)26(4)38/h23-30H,11-22H2,1-10H3. The van der Waals surface area contributed by atoms with Crippen LogP contribution in [-0.2, 0) is 61.3 Å². The topological polar surface area (TPSA) is 167 Å². The van der Waals surface area contributed by atoms with E-state index < -0.39 is 72.0 Å². The van der Waals surface area contributed by atoms with Gasteiger partial charge in [-0.2, -0.15) is 23.5 Å². The second kappa shape index (κ2) is 30.0. The minimum atomic E-state index is -2.07. The summed E-state index contributed by atoms with van der Waals surface area (Å²) in [5.41, 5.74) is 0. The maximum atomic E-state index is 12.7. The van der Waals surface area contributed by atoms with Crippen LogP contribution in [-0.4, -0.2) is 133 Å². The zero-order valence-electron chi connectivity index (χ0n) is 34.7. The number of rotatable bonds is 30. The summed E-state index contributed by atoms with van der Waals surface area (Å²) in [5, 5.41) is 0. The molecule has 0 fully saturated rings. The van der Waals surface area contributed by atoms with Crippen molar-refractivity contribution < 1.29 is 61.3 Å². The fourth-order valence-corrected chi connectivity index (χ4v) is 16.1. The van der Waals surface area contributed by atoms with E-state index in [1.807, 2.05) is 0 Å². The van der Waals surface area contributed by atoms with E-state index in [0.717, 1.165) is 12.1 Å². The highest BCUT2D eigenvalue weighted by Crippen LogP contribution is 2.25. The molecule has 0 N–H and O–H groups in total. The van der Waals surface area contributed by atoms with Crippen molar-refractivity contribution in [3.05, 3.63) is 0 Å². The number of hydrogen-bond acceptors (Lipinski definition) is 15. The monoisotopic (exact) mass is 1140 g/mol. The molecule has 0 rings (SSSR count). The van der Waals surface area contributed by atoms with Gasteiger partial charge in [-0.15, -0.1) is 0 Å². The molecule has 0 amide bonds. The molecule has 0 saturated carbocycles. The largest absolute Gasteiger partial charge is 0.465 e. The molecule has 0 spiro atoms. The van der Waals surface area contributed by atoms with E-state index in [-0.39, 0.29) is 50.2 Å². The number of halogens is 4. The maximum Gasteiger partial charge on any atom is 0.319 e. The summed E-state index contributed by atoms with van der Waals surface area (Å²) in [7, 11) is -4.13. The van der Waals surface area contributed by atoms with Crippen LogP contribution >= 0.6 is 87.2 Å². The Balaban J connectivity index is 4.59. The molecule has 0 aliphatic carbocycles. The molecule has 13 nitrogen and oxygen atoms in total. The molecule has 0 aromatic carbocycles. The molecule has 0 aliphatic rings. The highest BCUT2D eigenvalue weighted by atomic mass is 79.9. The Kier molecular flexibility index (Phi) is 29.9. The summed E-state index contributed by atoms with van der Waals surface area (Å²) in [6.45, 7) is 19.2. The molecule has 332 valence electrons. The average molecular weight is 1140 g/mol. The predicted molar refractivity (Wildman–Crippen MR) is 245 cm³/mol. The van der Waals surface area contributed by atoms with E-state index in [4.69, 9.17) is 32.5 Å². The first-order valence-electron chi connectivity index (χ1n) is 18.9. The van der Waals surface area contributed by atoms with E-state index in [2.05, 4.69) is 89.9 Å². The van der Waals surface area contributed by atoms with Crippen molar-refractivity contribution in [2.75, 3.05) is 49.4 Å². The van der Waals surface area contributed by atoms with Crippen LogP contribution < -0.4 is 0 Å². The maximum absolute atomic E-state index is 12.7. The van der Waals surface area contributed by atoms with Crippen molar-refractivity contribution in [2.24, 2.45) is 11.8 Å². The van der Waals surface area contributed by atoms with Crippen molar-refractivity contribution in [1.29, 1.82) is 0 Å². The van der Waals surface area contributed by atoms with Gasteiger partial charge in [-0.25, -0.2) is 0 Å². The lowest BCUT2D eigenvalue weighted by Crippen LogP contribution is -2.44. The van der Waals surface area contributed by atoms with Crippen molar-refractivity contribution in [1.82, 2.24) is 0 Å². The lowest BCUT2D eigenvalue weighted by molar-refractivity contribution is -0.156. The van der Waals surface area contributed by atoms with Gasteiger partial charge in [0.15, 0.2) is 16.6 Å². The van der Waals surface area contributed by atoms with Crippen LogP contribution in [0.4, 0.5) is 0 Å². The number of hydrogen-bond donors (Lipinski definition) is 0. The summed E-state index contributed by atoms with van der Waals surface area (Å²) in [5.74, 6) is -1.62. The predicted octanol–water partition coefficient (Wildman–Crippen LogP) is 8.06. The average Bonchev–Trinajstić information content (AvgIpc) is 3.11. The molecular formula is C36H62Br4O13S2Si2. The van der Waals surface area contributed by atoms with E-state index in [9.17, 15) is 28.8 Å². The Hall–Kier alpha value is -0.166. The van der Waals surface area contributed by atoms with E-state index in [1.165, 1.54) is 23.5 Å². The van der Waals surface area contributed by atoms with Gasteiger partial charge in [0.05, 0.1) is 25.0 Å². The molecule has 0 aromatic rings. The molecular weight excluding hydrogens is 1080 g/mol. The van der Waals surface area contributed by atoms with Gasteiger partial charge in [-0.05, 0) is 78.8 Å². The number of thioether (sulfide) groups is 2. The Morgan fingerprint density at radius 2 is 0.789 bits per heavy atom. The molecule has 0 radical (unpaired) electrons. The zero-order chi connectivity index (χ0) is 43.9. The van der Waals surface area contributed by atoms with E-state index in [1.54, 1.807) is 41.5 Å². The van der Waals surface area contributed by atoms with Crippen molar-refractivity contribution in [2.45, 2.75) is 124 Å². The number of alkyl halides is 4. The Morgan fingerprint density at radius 1 is 0.474 bits per heavy atom. The zero-order valence-corrected chi connectivity index (χ0v) is 44.7. The summed E-state index contributed by atoms with van der Waals surface area (Å²) < 4.78 is 39.2. The summed E-state index contributed by atoms with van der Waals surface area (Å²) in [6.07, 6.45) is 0.0579. The van der Waals surface area contributed by atoms with Gasteiger partial charge in [-0.3, -0.25) is 28.8 Å². The molecule has 8 unspecified atom stereocenters. The second-order valence-corrected chi connectivity index (χ2v) is 31.4. The van der Waals surface area contributed by atoms with Gasteiger partial charge in [0.25, 0.3) is 0 Å². The van der Waals surface area contributed by atoms with Gasteiger partial charge in [0.2, 0.25) is 0 Å². The summed E-state index contributed by atoms with van der Waals surface area (Å²) >= 11 is 15.5. The van der Waals surface area contributed by atoms with E-state index in [0.29, 0.717) is 35.9 Å². The van der Waals surface area contributed by atoms with Crippen LogP contribution in [0.1, 0.15) is 54.4 Å². The van der Waals surface area contributed by atoms with Gasteiger partial charge in [0, 0.05) is 23.0 Å². The first-order chi connectivity index (χ1) is 26.4. The third-order valence-electron chi connectivity index (χ3n) is 7.72. The molecule has 0 bridgehead atoms. The molecule has 0 aliphatic heterocycles. The van der Waals surface area contributed by atoms with Gasteiger partial charge in [-0.1, -0.05) is 77.6 Å². The first-order valence-corrected chi connectivity index (χ1v) is 31.1. The fraction of sp³-hybridized carbons (Fsp3) is 0.833. The third-order valence-corrected chi connectivity index (χ3v) is 19.4. The number of ether oxygens (including phenoxy) is 6. The highest BCUT2D eigenvalue weighted by molar-refractivity contribution is 9.10. The Labute approximate surface area is 383 Å². The molecule has 0 saturated heterocycles. The first kappa shape index (κ1) is 56.8. The Bertz CT molecular complexity index is 1170. The highest BCUT2D eigenvalue weighted by Gasteiger charge is 2.33. The SMILES string of the molecule is CC(Br)C(=O)OCC(CSCC(C)C(=O)OCCC[Si](C)(C)O[Si](C)(C)CCCOC(=O)C(C)CSCC(COC(=O)C(C)Br)OC(=O)C(C)Br)OC(=O)C(C)Br. The molecule has 21 heteroatoms. The normalized spacial score (nSPS) is 16.1. The number of carbonyl (C=O) groups excluding carboxylic acids is 6. The number of carbonyl (C=O) groups is 6. The fourth-order valence-electron chi connectivity index (χ4n) is 4.69. The van der Waals surface area contributed by atoms with Crippen molar-refractivity contribution in [3.8, 4) is 0 Å². The minimum absolute atomic E-state index is 0.0808. The molecule has 0 heterocycles.